The van der Waals surface area contributed by atoms with Gasteiger partial charge in [-0.05, 0) is 12.1 Å². The molecule has 2 heterocycles. The quantitative estimate of drug-likeness (QED) is 0.243. The Balaban J connectivity index is 0.00000320. The Bertz CT molecular complexity index is 855. The smallest absolute Gasteiger partial charge is 0.252 e. The molecular weight excluding hydrogens is 537 g/mol. The van der Waals surface area contributed by atoms with Crippen molar-refractivity contribution in [1.82, 2.24) is 24.9 Å². The van der Waals surface area contributed by atoms with E-state index in [1.807, 2.05) is 0 Å². The lowest BCUT2D eigenvalue weighted by molar-refractivity contribution is 0.0954. The number of hydrogen-bond donors (Lipinski definition) is 2. The fourth-order valence-corrected chi connectivity index (χ4v) is 4.07. The Morgan fingerprint density at radius 3 is 2.53 bits per heavy atom. The van der Waals surface area contributed by atoms with E-state index in [2.05, 4.69) is 41.7 Å². The molecule has 0 radical (unpaired) electrons. The number of amides is 1. The molecule has 2 aromatic rings. The van der Waals surface area contributed by atoms with Crippen molar-refractivity contribution < 1.29 is 4.79 Å². The van der Waals surface area contributed by atoms with E-state index in [-0.39, 0.29) is 29.9 Å². The summed E-state index contributed by atoms with van der Waals surface area (Å²) in [4.78, 5) is 25.6. The number of hydrogen-bond acceptors (Lipinski definition) is 6. The van der Waals surface area contributed by atoms with Gasteiger partial charge in [-0.1, -0.05) is 30.7 Å². The molecule has 2 N–H and O–H groups in total. The number of aromatic nitrogens is 2. The van der Waals surface area contributed by atoms with Crippen molar-refractivity contribution in [2.75, 3.05) is 51.2 Å². The Morgan fingerprint density at radius 2 is 1.90 bits per heavy atom. The number of carbonyl (C=O) groups excluding carboxylic acids is 1. The fourth-order valence-electron chi connectivity index (χ4n) is 3.05. The first-order valence-electron chi connectivity index (χ1n) is 9.68. The number of aryl methyl sites for hydroxylation is 1. The van der Waals surface area contributed by atoms with E-state index in [9.17, 15) is 4.79 Å². The highest BCUT2D eigenvalue weighted by molar-refractivity contribution is 14.0. The van der Waals surface area contributed by atoms with Crippen LogP contribution >= 0.6 is 47.1 Å². The number of halogens is 2. The van der Waals surface area contributed by atoms with Gasteiger partial charge in [0.2, 0.25) is 5.13 Å². The summed E-state index contributed by atoms with van der Waals surface area (Å²) in [5.74, 6) is 1.57. The van der Waals surface area contributed by atoms with Crippen LogP contribution in [0, 0.1) is 0 Å². The minimum Gasteiger partial charge on any atom is -0.354 e. The van der Waals surface area contributed by atoms with Crippen LogP contribution < -0.4 is 15.5 Å². The van der Waals surface area contributed by atoms with Crippen LogP contribution in [0.5, 0.6) is 0 Å². The van der Waals surface area contributed by atoms with Crippen LogP contribution in [0.4, 0.5) is 5.13 Å². The molecule has 1 aliphatic rings. The van der Waals surface area contributed by atoms with Gasteiger partial charge in [0.1, 0.15) is 5.82 Å². The SMILES string of the molecule is CCc1nsc(N2CCN(C(=NC)NCCNC(=O)c3ccccc3Cl)CC2)n1.I. The number of nitrogens with one attached hydrogen (secondary N) is 2. The van der Waals surface area contributed by atoms with Gasteiger partial charge in [-0.15, -0.1) is 24.0 Å². The zero-order chi connectivity index (χ0) is 20.6. The summed E-state index contributed by atoms with van der Waals surface area (Å²) >= 11 is 7.52. The maximum atomic E-state index is 12.2. The highest BCUT2D eigenvalue weighted by Gasteiger charge is 2.22. The fraction of sp³-hybridized carbons (Fsp3) is 0.474. The summed E-state index contributed by atoms with van der Waals surface area (Å²) < 4.78 is 4.37. The van der Waals surface area contributed by atoms with Crippen molar-refractivity contribution in [3.8, 4) is 0 Å². The summed E-state index contributed by atoms with van der Waals surface area (Å²) in [7, 11) is 1.77. The second kappa shape index (κ2) is 12.3. The molecule has 0 unspecified atom stereocenters. The van der Waals surface area contributed by atoms with Gasteiger partial charge in [0.25, 0.3) is 5.91 Å². The van der Waals surface area contributed by atoms with E-state index >= 15 is 0 Å². The highest BCUT2D eigenvalue weighted by Crippen LogP contribution is 2.19. The van der Waals surface area contributed by atoms with Crippen molar-refractivity contribution in [1.29, 1.82) is 0 Å². The summed E-state index contributed by atoms with van der Waals surface area (Å²) in [5, 5.41) is 7.63. The third-order valence-corrected chi connectivity index (χ3v) is 5.79. The molecule has 0 bridgehead atoms. The van der Waals surface area contributed by atoms with Gasteiger partial charge < -0.3 is 20.4 Å². The minimum atomic E-state index is -0.176. The van der Waals surface area contributed by atoms with Crippen LogP contribution in [0.1, 0.15) is 23.1 Å². The zero-order valence-electron chi connectivity index (χ0n) is 17.1. The zero-order valence-corrected chi connectivity index (χ0v) is 21.0. The predicted molar refractivity (Wildman–Crippen MR) is 134 cm³/mol. The largest absolute Gasteiger partial charge is 0.354 e. The maximum Gasteiger partial charge on any atom is 0.252 e. The molecule has 0 aliphatic carbocycles. The molecule has 8 nitrogen and oxygen atoms in total. The molecule has 0 atom stereocenters. The second-order valence-corrected chi connectivity index (χ2v) is 7.67. The number of carbonyl (C=O) groups is 1. The van der Waals surface area contributed by atoms with Crippen molar-refractivity contribution >= 4 is 64.1 Å². The van der Waals surface area contributed by atoms with Gasteiger partial charge >= 0.3 is 0 Å². The first kappa shape index (κ1) is 24.6. The number of rotatable bonds is 6. The summed E-state index contributed by atoms with van der Waals surface area (Å²) in [6.07, 6.45) is 0.861. The second-order valence-electron chi connectivity index (χ2n) is 6.53. The lowest BCUT2D eigenvalue weighted by Crippen LogP contribution is -2.53. The van der Waals surface area contributed by atoms with Crippen LogP contribution in [-0.2, 0) is 6.42 Å². The molecule has 11 heteroatoms. The molecule has 0 spiro atoms. The first-order chi connectivity index (χ1) is 14.1. The van der Waals surface area contributed by atoms with Crippen molar-refractivity contribution in [2.45, 2.75) is 13.3 Å². The molecule has 30 heavy (non-hydrogen) atoms. The topological polar surface area (TPSA) is 85.8 Å². The molecule has 1 saturated heterocycles. The highest BCUT2D eigenvalue weighted by atomic mass is 127. The Morgan fingerprint density at radius 1 is 1.20 bits per heavy atom. The number of aliphatic imine (C=N–C) groups is 1. The number of piperazine rings is 1. The average molecular weight is 564 g/mol. The molecule has 1 amide bonds. The molecular formula is C19H27ClIN7OS. The Hall–Kier alpha value is -1.66. The third kappa shape index (κ3) is 6.42. The molecule has 164 valence electrons. The number of anilines is 1. The summed E-state index contributed by atoms with van der Waals surface area (Å²) in [5.41, 5.74) is 0.484. The van der Waals surface area contributed by atoms with Gasteiger partial charge in [-0.3, -0.25) is 9.79 Å². The van der Waals surface area contributed by atoms with Gasteiger partial charge in [0.05, 0.1) is 10.6 Å². The maximum absolute atomic E-state index is 12.2. The van der Waals surface area contributed by atoms with E-state index in [1.165, 1.54) is 11.5 Å². The van der Waals surface area contributed by atoms with Crippen LogP contribution in [-0.4, -0.2) is 72.4 Å². The van der Waals surface area contributed by atoms with Crippen LogP contribution in [0.3, 0.4) is 0 Å². The lowest BCUT2D eigenvalue weighted by Gasteiger charge is -2.36. The normalized spacial score (nSPS) is 14.3. The standard InChI is InChI=1S/C19H26ClN7OS.HI/c1-3-16-24-19(29-25-16)27-12-10-26(11-13-27)18(21-2)23-9-8-22-17(28)14-6-4-5-7-15(14)20;/h4-7H,3,8-13H2,1-2H3,(H,21,23)(H,22,28);1H. The van der Waals surface area contributed by atoms with E-state index < -0.39 is 0 Å². The van der Waals surface area contributed by atoms with Crippen molar-refractivity contribution in [2.24, 2.45) is 4.99 Å². The van der Waals surface area contributed by atoms with Gasteiger partial charge in [0, 0.05) is 64.3 Å². The molecule has 1 aromatic carbocycles. The summed E-state index contributed by atoms with van der Waals surface area (Å²) in [6.45, 7) is 6.59. The minimum absolute atomic E-state index is 0. The number of nitrogens with zero attached hydrogens (tertiary/aromatic N) is 5. The summed E-state index contributed by atoms with van der Waals surface area (Å²) in [6, 6.07) is 7.02. The van der Waals surface area contributed by atoms with Crippen molar-refractivity contribution in [3.63, 3.8) is 0 Å². The van der Waals surface area contributed by atoms with Gasteiger partial charge in [-0.25, -0.2) is 4.98 Å². The molecule has 1 aliphatic heterocycles. The van der Waals surface area contributed by atoms with E-state index in [0.29, 0.717) is 23.7 Å². The number of guanidine groups is 1. The number of benzene rings is 1. The van der Waals surface area contributed by atoms with Gasteiger partial charge in [-0.2, -0.15) is 4.37 Å². The molecule has 0 saturated carbocycles. The Labute approximate surface area is 203 Å². The van der Waals surface area contributed by atoms with E-state index in [4.69, 9.17) is 11.6 Å². The lowest BCUT2D eigenvalue weighted by atomic mass is 10.2. The monoisotopic (exact) mass is 563 g/mol. The molecule has 3 rings (SSSR count). The predicted octanol–water partition coefficient (Wildman–Crippen LogP) is 2.50. The Kier molecular flexibility index (Phi) is 10.1. The van der Waals surface area contributed by atoms with E-state index in [0.717, 1.165) is 49.5 Å². The first-order valence-corrected chi connectivity index (χ1v) is 10.8. The van der Waals surface area contributed by atoms with E-state index in [1.54, 1.807) is 31.3 Å². The molecule has 1 fully saturated rings. The third-order valence-electron chi connectivity index (χ3n) is 4.65. The molecule has 1 aromatic heterocycles. The average Bonchev–Trinajstić information content (AvgIpc) is 3.23. The van der Waals surface area contributed by atoms with Crippen LogP contribution in [0.15, 0.2) is 29.3 Å². The van der Waals surface area contributed by atoms with Crippen LogP contribution in [0.25, 0.3) is 0 Å². The van der Waals surface area contributed by atoms with Crippen LogP contribution in [0.2, 0.25) is 5.02 Å². The van der Waals surface area contributed by atoms with Gasteiger partial charge in [0.15, 0.2) is 5.96 Å². The van der Waals surface area contributed by atoms with Crippen molar-refractivity contribution in [3.05, 3.63) is 40.7 Å².